The number of carbonyl (C=O) groups is 1. The molecule has 0 aliphatic heterocycles. The van der Waals surface area contributed by atoms with Crippen LogP contribution in [0.25, 0.3) is 0 Å². The van der Waals surface area contributed by atoms with Gasteiger partial charge in [0.2, 0.25) is 0 Å². The van der Waals surface area contributed by atoms with Crippen molar-refractivity contribution in [2.24, 2.45) is 5.73 Å². The Kier molecular flexibility index (Phi) is 6.53. The van der Waals surface area contributed by atoms with E-state index in [2.05, 4.69) is 0 Å². The number of ether oxygens (including phenoxy) is 1. The molecule has 0 aliphatic rings. The molecule has 3 N–H and O–H groups in total. The summed E-state index contributed by atoms with van der Waals surface area (Å²) >= 11 is 0. The number of nitrogens with two attached hydrogens (primary N) is 1. The van der Waals surface area contributed by atoms with Gasteiger partial charge in [0.15, 0.2) is 0 Å². The second kappa shape index (κ2) is 7.09. The second-order valence-corrected chi connectivity index (χ2v) is 3.23. The summed E-state index contributed by atoms with van der Waals surface area (Å²) in [5.41, 5.74) is 6.53. The predicted octanol–water partition coefficient (Wildman–Crippen LogP) is -2.17. The average molecular weight is 245 g/mol. The summed E-state index contributed by atoms with van der Waals surface area (Å²) in [7, 11) is 0. The van der Waals surface area contributed by atoms with Crippen molar-refractivity contribution in [2.75, 3.05) is 6.61 Å². The Bertz CT molecular complexity index is 327. The van der Waals surface area contributed by atoms with Crippen molar-refractivity contribution in [3.63, 3.8) is 0 Å². The van der Waals surface area contributed by atoms with E-state index < -0.39 is 12.0 Å². The SMILES string of the molecule is CCOC(=O)C(N)Cc1ccc(O)cc1.[Cl-]. The lowest BCUT2D eigenvalue weighted by Crippen LogP contribution is -3.00. The van der Waals surface area contributed by atoms with Gasteiger partial charge in [0.05, 0.1) is 6.61 Å². The number of benzene rings is 1. The lowest BCUT2D eigenvalue weighted by molar-refractivity contribution is -0.144. The Balaban J connectivity index is 0.00000225. The highest BCUT2D eigenvalue weighted by atomic mass is 35.5. The Morgan fingerprint density at radius 3 is 2.50 bits per heavy atom. The van der Waals surface area contributed by atoms with Gasteiger partial charge in [-0.15, -0.1) is 0 Å². The minimum atomic E-state index is -0.644. The molecule has 0 heterocycles. The standard InChI is InChI=1S/C11H15NO3.ClH/c1-2-15-11(14)10(12)7-8-3-5-9(13)6-4-8;/h3-6,10,13H,2,7,12H2,1H3;1H/p-1. The molecule has 0 radical (unpaired) electrons. The van der Waals surface area contributed by atoms with E-state index in [1.807, 2.05) is 0 Å². The maximum atomic E-state index is 11.2. The number of carbonyl (C=O) groups excluding carboxylic acids is 1. The van der Waals surface area contributed by atoms with Crippen LogP contribution in [-0.2, 0) is 16.0 Å². The fraction of sp³-hybridized carbons (Fsp3) is 0.364. The van der Waals surface area contributed by atoms with E-state index >= 15 is 0 Å². The molecule has 0 fully saturated rings. The highest BCUT2D eigenvalue weighted by Crippen LogP contribution is 2.11. The molecule has 1 aromatic carbocycles. The molecule has 90 valence electrons. The summed E-state index contributed by atoms with van der Waals surface area (Å²) in [6, 6.07) is 5.94. The topological polar surface area (TPSA) is 72.5 Å². The molecule has 1 aromatic rings. The molecule has 0 saturated carbocycles. The summed E-state index contributed by atoms with van der Waals surface area (Å²) in [6.07, 6.45) is 0.416. The van der Waals surface area contributed by atoms with Crippen LogP contribution in [0.3, 0.4) is 0 Å². The van der Waals surface area contributed by atoms with Crippen molar-refractivity contribution in [3.05, 3.63) is 29.8 Å². The molecule has 0 aliphatic carbocycles. The Hall–Kier alpha value is -1.26. The number of hydrogen-bond donors (Lipinski definition) is 2. The van der Waals surface area contributed by atoms with Crippen LogP contribution in [0, 0.1) is 0 Å². The van der Waals surface area contributed by atoms with Gasteiger partial charge in [0, 0.05) is 0 Å². The van der Waals surface area contributed by atoms with Crippen LogP contribution >= 0.6 is 0 Å². The zero-order chi connectivity index (χ0) is 11.3. The predicted molar refractivity (Wildman–Crippen MR) is 56.4 cm³/mol. The molecular weight excluding hydrogens is 230 g/mol. The molecule has 0 aromatic heterocycles. The molecule has 16 heavy (non-hydrogen) atoms. The lowest BCUT2D eigenvalue weighted by atomic mass is 10.1. The van der Waals surface area contributed by atoms with E-state index in [-0.39, 0.29) is 18.2 Å². The van der Waals surface area contributed by atoms with Crippen LogP contribution < -0.4 is 18.1 Å². The van der Waals surface area contributed by atoms with Gasteiger partial charge in [0.1, 0.15) is 11.8 Å². The Labute approximate surface area is 101 Å². The maximum Gasteiger partial charge on any atom is 0.323 e. The van der Waals surface area contributed by atoms with E-state index in [0.717, 1.165) is 5.56 Å². The van der Waals surface area contributed by atoms with Gasteiger partial charge >= 0.3 is 5.97 Å². The normalized spacial score (nSPS) is 11.4. The summed E-state index contributed by atoms with van der Waals surface area (Å²) in [4.78, 5) is 11.2. The largest absolute Gasteiger partial charge is 1.00 e. The van der Waals surface area contributed by atoms with Crippen LogP contribution in [0.2, 0.25) is 0 Å². The summed E-state index contributed by atoms with van der Waals surface area (Å²) < 4.78 is 4.79. The van der Waals surface area contributed by atoms with Crippen molar-refractivity contribution in [1.82, 2.24) is 0 Å². The lowest BCUT2D eigenvalue weighted by Gasteiger charge is -2.10. The molecule has 0 amide bonds. The number of phenolic OH excluding ortho intramolecular Hbond substituents is 1. The number of hydrogen-bond acceptors (Lipinski definition) is 4. The molecule has 1 atom stereocenters. The zero-order valence-electron chi connectivity index (χ0n) is 9.02. The maximum absolute atomic E-state index is 11.2. The van der Waals surface area contributed by atoms with E-state index in [1.54, 1.807) is 31.2 Å². The van der Waals surface area contributed by atoms with Crippen molar-refractivity contribution in [1.29, 1.82) is 0 Å². The monoisotopic (exact) mass is 244 g/mol. The van der Waals surface area contributed by atoms with E-state index in [9.17, 15) is 4.79 Å². The molecule has 4 nitrogen and oxygen atoms in total. The Morgan fingerprint density at radius 2 is 2.00 bits per heavy atom. The molecule has 0 spiro atoms. The van der Waals surface area contributed by atoms with Crippen molar-refractivity contribution < 1.29 is 27.0 Å². The van der Waals surface area contributed by atoms with Crippen LogP contribution in [0.15, 0.2) is 24.3 Å². The second-order valence-electron chi connectivity index (χ2n) is 3.23. The van der Waals surface area contributed by atoms with Crippen LogP contribution in [0.4, 0.5) is 0 Å². The fourth-order valence-corrected chi connectivity index (χ4v) is 1.22. The third-order valence-electron chi connectivity index (χ3n) is 1.98. The van der Waals surface area contributed by atoms with E-state index in [0.29, 0.717) is 13.0 Å². The van der Waals surface area contributed by atoms with Gasteiger partial charge in [-0.25, -0.2) is 0 Å². The van der Waals surface area contributed by atoms with Gasteiger partial charge < -0.3 is 28.0 Å². The van der Waals surface area contributed by atoms with E-state index in [1.165, 1.54) is 0 Å². The molecule has 1 rings (SSSR count). The van der Waals surface area contributed by atoms with Crippen LogP contribution in [0.5, 0.6) is 5.75 Å². The van der Waals surface area contributed by atoms with Gasteiger partial charge in [-0.05, 0) is 31.0 Å². The average Bonchev–Trinajstić information content (AvgIpc) is 2.22. The molecule has 5 heteroatoms. The van der Waals surface area contributed by atoms with E-state index in [4.69, 9.17) is 15.6 Å². The highest BCUT2D eigenvalue weighted by molar-refractivity contribution is 5.75. The fourth-order valence-electron chi connectivity index (χ4n) is 1.22. The van der Waals surface area contributed by atoms with Gasteiger partial charge in [-0.2, -0.15) is 0 Å². The molecule has 1 unspecified atom stereocenters. The van der Waals surface area contributed by atoms with Crippen molar-refractivity contribution in [3.8, 4) is 5.75 Å². The van der Waals surface area contributed by atoms with Crippen molar-refractivity contribution >= 4 is 5.97 Å². The van der Waals surface area contributed by atoms with Crippen molar-refractivity contribution in [2.45, 2.75) is 19.4 Å². The first-order chi connectivity index (χ1) is 7.13. The number of halogens is 1. The molecular formula is C11H15ClNO3-. The minimum Gasteiger partial charge on any atom is -1.00 e. The third-order valence-corrected chi connectivity index (χ3v) is 1.98. The first kappa shape index (κ1) is 14.7. The number of aromatic hydroxyl groups is 1. The smallest absolute Gasteiger partial charge is 0.323 e. The Morgan fingerprint density at radius 1 is 1.44 bits per heavy atom. The van der Waals surface area contributed by atoms with Gasteiger partial charge in [-0.1, -0.05) is 12.1 Å². The first-order valence-corrected chi connectivity index (χ1v) is 4.83. The molecule has 0 saturated heterocycles. The van der Waals surface area contributed by atoms with Crippen LogP contribution in [0.1, 0.15) is 12.5 Å². The summed E-state index contributed by atoms with van der Waals surface area (Å²) in [5.74, 6) is -0.200. The first-order valence-electron chi connectivity index (χ1n) is 4.83. The number of rotatable bonds is 4. The zero-order valence-corrected chi connectivity index (χ0v) is 9.78. The van der Waals surface area contributed by atoms with Gasteiger partial charge in [-0.3, -0.25) is 4.79 Å². The number of phenols is 1. The quantitative estimate of drug-likeness (QED) is 0.592. The summed E-state index contributed by atoms with van der Waals surface area (Å²) in [6.45, 7) is 2.08. The summed E-state index contributed by atoms with van der Waals surface area (Å²) in [5, 5.41) is 9.06. The van der Waals surface area contributed by atoms with Gasteiger partial charge in [0.25, 0.3) is 0 Å². The van der Waals surface area contributed by atoms with Crippen LogP contribution in [-0.4, -0.2) is 23.7 Å². The molecule has 0 bridgehead atoms. The highest BCUT2D eigenvalue weighted by Gasteiger charge is 2.14. The number of esters is 1. The minimum absolute atomic E-state index is 0. The third kappa shape index (κ3) is 4.51.